The van der Waals surface area contributed by atoms with E-state index in [9.17, 15) is 9.59 Å². The first kappa shape index (κ1) is 19.9. The summed E-state index contributed by atoms with van der Waals surface area (Å²) >= 11 is 0. The molecule has 0 atom stereocenters. The van der Waals surface area contributed by atoms with E-state index in [1.54, 1.807) is 6.07 Å². The molecule has 0 fully saturated rings. The van der Waals surface area contributed by atoms with Crippen molar-refractivity contribution in [3.63, 3.8) is 0 Å². The molecule has 2 N–H and O–H groups in total. The first-order valence-corrected chi connectivity index (χ1v) is 10.4. The number of carbonyl (C=O) groups is 1. The van der Waals surface area contributed by atoms with Crippen LogP contribution in [0.5, 0.6) is 0 Å². The Morgan fingerprint density at radius 3 is 2.60 bits per heavy atom. The monoisotopic (exact) mass is 402 g/mol. The van der Waals surface area contributed by atoms with Crippen molar-refractivity contribution >= 4 is 27.7 Å². The maximum Gasteiger partial charge on any atom is 0.258 e. The Morgan fingerprint density at radius 1 is 1.07 bits per heavy atom. The van der Waals surface area contributed by atoms with Crippen LogP contribution < -0.4 is 10.9 Å². The Morgan fingerprint density at radius 2 is 1.80 bits per heavy atom. The zero-order valence-electron chi connectivity index (χ0n) is 17.3. The van der Waals surface area contributed by atoms with Crippen LogP contribution in [0.3, 0.4) is 0 Å². The summed E-state index contributed by atoms with van der Waals surface area (Å²) in [4.78, 5) is 31.7. The summed E-state index contributed by atoms with van der Waals surface area (Å²) in [6.07, 6.45) is 3.65. The summed E-state index contributed by atoms with van der Waals surface area (Å²) in [6, 6.07) is 16.0. The van der Waals surface area contributed by atoms with E-state index in [4.69, 9.17) is 0 Å². The highest BCUT2D eigenvalue weighted by atomic mass is 16.1. The molecule has 4 aromatic rings. The molecule has 1 amide bonds. The van der Waals surface area contributed by atoms with E-state index >= 15 is 0 Å². The molecule has 2 aromatic heterocycles. The van der Waals surface area contributed by atoms with Crippen LogP contribution >= 0.6 is 0 Å². The molecule has 2 aromatic carbocycles. The van der Waals surface area contributed by atoms with Crippen LogP contribution in [0.25, 0.3) is 21.8 Å². The summed E-state index contributed by atoms with van der Waals surface area (Å²) in [6.45, 7) is 4.92. The number of hydrogen-bond acceptors (Lipinski definition) is 3. The molecule has 0 aliphatic heterocycles. The van der Waals surface area contributed by atoms with E-state index < -0.39 is 0 Å². The molecular formula is C24H26N4O2. The Bertz CT molecular complexity index is 1250. The van der Waals surface area contributed by atoms with Crippen molar-refractivity contribution < 1.29 is 4.79 Å². The van der Waals surface area contributed by atoms with E-state index in [1.807, 2.05) is 24.3 Å². The van der Waals surface area contributed by atoms with Gasteiger partial charge in [-0.3, -0.25) is 9.59 Å². The second-order valence-corrected chi connectivity index (χ2v) is 7.80. The number of benzene rings is 2. The highest BCUT2D eigenvalue weighted by molar-refractivity contribution is 5.84. The Hall–Kier alpha value is -3.41. The molecule has 0 bridgehead atoms. The van der Waals surface area contributed by atoms with Gasteiger partial charge in [0.1, 0.15) is 5.82 Å². The lowest BCUT2D eigenvalue weighted by Gasteiger charge is -2.08. The van der Waals surface area contributed by atoms with Crippen molar-refractivity contribution in [2.75, 3.05) is 6.54 Å². The molecule has 0 aliphatic rings. The number of amides is 1. The van der Waals surface area contributed by atoms with Crippen LogP contribution in [0, 0.1) is 0 Å². The average Bonchev–Trinajstić information content (AvgIpc) is 3.11. The van der Waals surface area contributed by atoms with E-state index in [-0.39, 0.29) is 17.9 Å². The van der Waals surface area contributed by atoms with Crippen LogP contribution in [0.2, 0.25) is 0 Å². The predicted molar refractivity (Wildman–Crippen MR) is 120 cm³/mol. The lowest BCUT2D eigenvalue weighted by atomic mass is 10.1. The van der Waals surface area contributed by atoms with E-state index in [0.717, 1.165) is 6.42 Å². The van der Waals surface area contributed by atoms with Gasteiger partial charge in [-0.1, -0.05) is 30.3 Å². The van der Waals surface area contributed by atoms with Crippen LogP contribution in [0.4, 0.5) is 0 Å². The van der Waals surface area contributed by atoms with Gasteiger partial charge in [-0.15, -0.1) is 0 Å². The number of nitrogens with one attached hydrogen (secondary N) is 2. The van der Waals surface area contributed by atoms with Crippen molar-refractivity contribution in [1.29, 1.82) is 0 Å². The number of para-hydroxylation sites is 2. The third-order valence-corrected chi connectivity index (χ3v) is 5.35. The van der Waals surface area contributed by atoms with Gasteiger partial charge in [-0.05, 0) is 44.0 Å². The fraction of sp³-hybridized carbons (Fsp3) is 0.292. The number of nitrogens with zero attached hydrogens (tertiary/aromatic N) is 2. The number of rotatable bonds is 7. The fourth-order valence-electron chi connectivity index (χ4n) is 3.81. The molecule has 0 saturated carbocycles. The number of H-pyrrole nitrogens is 1. The number of fused-ring (bicyclic) bond motifs is 2. The van der Waals surface area contributed by atoms with Gasteiger partial charge >= 0.3 is 0 Å². The van der Waals surface area contributed by atoms with E-state index in [0.29, 0.717) is 35.7 Å². The number of aryl methyl sites for hydroxylation is 1. The van der Waals surface area contributed by atoms with Crippen LogP contribution in [-0.2, 0) is 17.6 Å². The van der Waals surface area contributed by atoms with E-state index in [2.05, 4.69) is 58.1 Å². The molecule has 0 unspecified atom stereocenters. The smallest absolute Gasteiger partial charge is 0.258 e. The van der Waals surface area contributed by atoms with Gasteiger partial charge in [0, 0.05) is 42.5 Å². The van der Waals surface area contributed by atoms with Crippen molar-refractivity contribution in [2.24, 2.45) is 0 Å². The number of aromatic nitrogens is 3. The standard InChI is InChI=1S/C24H26N4O2/c1-16(2)28-15-17(18-7-4-6-10-21(18)28)13-14-25-23(29)12-11-22-26-20-9-5-3-8-19(20)24(30)27-22/h3-10,15-16H,11-14H2,1-2H3,(H,25,29)(H,26,27,30). The summed E-state index contributed by atoms with van der Waals surface area (Å²) in [5, 5.41) is 4.78. The van der Waals surface area contributed by atoms with Crippen LogP contribution in [0.15, 0.2) is 59.5 Å². The first-order valence-electron chi connectivity index (χ1n) is 10.4. The molecule has 2 heterocycles. The zero-order valence-corrected chi connectivity index (χ0v) is 17.3. The summed E-state index contributed by atoms with van der Waals surface area (Å²) in [5.41, 5.74) is 2.94. The Balaban J connectivity index is 1.35. The van der Waals surface area contributed by atoms with Gasteiger partial charge in [0.25, 0.3) is 5.56 Å². The zero-order chi connectivity index (χ0) is 21.1. The molecule has 0 aliphatic carbocycles. The molecule has 30 heavy (non-hydrogen) atoms. The van der Waals surface area contributed by atoms with Crippen LogP contribution in [-0.4, -0.2) is 27.0 Å². The SMILES string of the molecule is CC(C)n1cc(CCNC(=O)CCc2nc3ccccc3c(=O)[nH]2)c2ccccc21. The first-order chi connectivity index (χ1) is 14.5. The number of carbonyl (C=O) groups excluding carboxylic acids is 1. The lowest BCUT2D eigenvalue weighted by molar-refractivity contribution is -0.121. The predicted octanol–water partition coefficient (Wildman–Crippen LogP) is 3.75. The van der Waals surface area contributed by atoms with Gasteiger partial charge in [-0.2, -0.15) is 0 Å². The maximum atomic E-state index is 12.3. The van der Waals surface area contributed by atoms with Gasteiger partial charge in [0.2, 0.25) is 5.91 Å². The van der Waals surface area contributed by atoms with Crippen LogP contribution in [0.1, 0.15) is 37.7 Å². The molecule has 0 saturated heterocycles. The third-order valence-electron chi connectivity index (χ3n) is 5.35. The second kappa shape index (κ2) is 8.53. The molecule has 0 radical (unpaired) electrons. The minimum absolute atomic E-state index is 0.0431. The molecule has 4 rings (SSSR count). The normalized spacial score (nSPS) is 11.4. The molecular weight excluding hydrogens is 376 g/mol. The van der Waals surface area contributed by atoms with Gasteiger partial charge in [0.05, 0.1) is 10.9 Å². The minimum atomic E-state index is -0.169. The highest BCUT2D eigenvalue weighted by Crippen LogP contribution is 2.24. The van der Waals surface area contributed by atoms with Gasteiger partial charge in [-0.25, -0.2) is 4.98 Å². The van der Waals surface area contributed by atoms with Crippen molar-refractivity contribution in [1.82, 2.24) is 19.9 Å². The Kier molecular flexibility index (Phi) is 5.65. The Labute approximate surface area is 175 Å². The highest BCUT2D eigenvalue weighted by Gasteiger charge is 2.11. The average molecular weight is 402 g/mol. The second-order valence-electron chi connectivity index (χ2n) is 7.80. The van der Waals surface area contributed by atoms with Crippen molar-refractivity contribution in [3.05, 3.63) is 76.5 Å². The molecule has 0 spiro atoms. The molecule has 6 nitrogen and oxygen atoms in total. The number of hydrogen-bond donors (Lipinski definition) is 2. The molecule has 6 heteroatoms. The topological polar surface area (TPSA) is 79.8 Å². The quantitative estimate of drug-likeness (QED) is 0.494. The van der Waals surface area contributed by atoms with E-state index in [1.165, 1.54) is 16.5 Å². The largest absolute Gasteiger partial charge is 0.356 e. The van der Waals surface area contributed by atoms with Gasteiger partial charge in [0.15, 0.2) is 0 Å². The fourth-order valence-corrected chi connectivity index (χ4v) is 3.81. The maximum absolute atomic E-state index is 12.3. The van der Waals surface area contributed by atoms with Crippen molar-refractivity contribution in [2.45, 2.75) is 39.2 Å². The van der Waals surface area contributed by atoms with Gasteiger partial charge < -0.3 is 14.9 Å². The molecule has 154 valence electrons. The lowest BCUT2D eigenvalue weighted by Crippen LogP contribution is -2.26. The summed E-state index contributed by atoms with van der Waals surface area (Å²) < 4.78 is 2.27. The van der Waals surface area contributed by atoms with Crippen molar-refractivity contribution in [3.8, 4) is 0 Å². The summed E-state index contributed by atoms with van der Waals surface area (Å²) in [5.74, 6) is 0.493. The minimum Gasteiger partial charge on any atom is -0.356 e. The third kappa shape index (κ3) is 4.13. The number of aromatic amines is 1. The summed E-state index contributed by atoms with van der Waals surface area (Å²) in [7, 11) is 0.